The molecule has 0 saturated carbocycles. The number of hydrogen-bond acceptors (Lipinski definition) is 9. The molecule has 0 fully saturated rings. The van der Waals surface area contributed by atoms with E-state index in [0.29, 0.717) is 55.0 Å². The molecule has 0 spiro atoms. The third-order valence-electron chi connectivity index (χ3n) is 10.8. The number of ether oxygens (including phenoxy) is 1. The Balaban J connectivity index is 1.28. The summed E-state index contributed by atoms with van der Waals surface area (Å²) in [5.41, 5.74) is 23.7. The van der Waals surface area contributed by atoms with Crippen LogP contribution in [0.1, 0.15) is 61.7 Å². The molecule has 2 aromatic carbocycles. The lowest BCUT2D eigenvalue weighted by Gasteiger charge is -2.12. The minimum absolute atomic E-state index is 0.453. The second-order valence-electron chi connectivity index (χ2n) is 14.8. The minimum Gasteiger partial charge on any atom is -0.495 e. The maximum absolute atomic E-state index is 6.32. The number of aryl methyl sites for hydroxylation is 5. The molecular formula is C45H50N12O. The Labute approximate surface area is 337 Å². The van der Waals surface area contributed by atoms with Gasteiger partial charge in [0.25, 0.3) is 0 Å². The summed E-state index contributed by atoms with van der Waals surface area (Å²) < 4.78 is 14.4. The second kappa shape index (κ2) is 15.3. The fraction of sp³-hybridized carbons (Fsp3) is 0.289. The third kappa shape index (κ3) is 6.55. The summed E-state index contributed by atoms with van der Waals surface area (Å²) >= 11 is 0. The summed E-state index contributed by atoms with van der Waals surface area (Å²) in [6.07, 6.45) is 11.2. The van der Waals surface area contributed by atoms with E-state index in [1.807, 2.05) is 59.9 Å². The molecule has 6 aromatic heterocycles. The summed E-state index contributed by atoms with van der Waals surface area (Å²) in [5.74, 6) is 1.91. The van der Waals surface area contributed by atoms with Crippen LogP contribution in [0.2, 0.25) is 0 Å². The molecular weight excluding hydrogens is 725 g/mol. The largest absolute Gasteiger partial charge is 0.495 e. The van der Waals surface area contributed by atoms with Crippen LogP contribution in [-0.2, 0) is 32.6 Å². The Morgan fingerprint density at radius 1 is 0.690 bits per heavy atom. The number of allylic oxidation sites excluding steroid dienone is 2. The highest BCUT2D eigenvalue weighted by atomic mass is 16.5. The summed E-state index contributed by atoms with van der Waals surface area (Å²) in [6.45, 7) is 20.9. The first kappa shape index (κ1) is 38.1. The number of nitrogens with zero attached hydrogens (tertiary/aromatic N) is 10. The average Bonchev–Trinajstić information content (AvgIpc) is 3.97. The SMILES string of the molecule is C=C(N)c1cc(CCCC)c2c(c1)c1cnc(-c3cc(C)nn3CC)nc1n2C/C=C/Cn1c2nc(-c3cc(C)nn3CC)ncc2c2cc(C(=C)N)cc(OC)c21. The molecule has 4 N–H and O–H groups in total. The van der Waals surface area contributed by atoms with Crippen molar-refractivity contribution in [2.45, 2.75) is 80.1 Å². The van der Waals surface area contributed by atoms with Gasteiger partial charge in [-0.2, -0.15) is 10.2 Å². The van der Waals surface area contributed by atoms with Crippen molar-refractivity contribution >= 4 is 55.3 Å². The lowest BCUT2D eigenvalue weighted by atomic mass is 10.00. The quantitative estimate of drug-likeness (QED) is 0.104. The van der Waals surface area contributed by atoms with Crippen LogP contribution in [0, 0.1) is 13.8 Å². The minimum atomic E-state index is 0.453. The Bertz CT molecular complexity index is 2940. The number of rotatable bonds is 14. The van der Waals surface area contributed by atoms with Crippen LogP contribution in [0.4, 0.5) is 0 Å². The average molecular weight is 775 g/mol. The van der Waals surface area contributed by atoms with Crippen molar-refractivity contribution in [3.8, 4) is 28.8 Å². The molecule has 0 aliphatic heterocycles. The second-order valence-corrected chi connectivity index (χ2v) is 14.8. The summed E-state index contributed by atoms with van der Waals surface area (Å²) in [7, 11) is 1.67. The molecule has 0 unspecified atom stereocenters. The van der Waals surface area contributed by atoms with Crippen molar-refractivity contribution in [1.82, 2.24) is 48.6 Å². The standard InChI is InChI=1S/C45H50N12O/c1-9-12-15-30-20-31(28(6)46)21-33-35-24-48-42(37-18-26(4)52-56(37)10-2)50-44(35)54(40(30)33)16-13-14-17-55-41-34(22-32(29(7)47)23-39(41)58-8)36-25-49-43(51-45(36)55)38-19-27(5)53-57(38)11-3/h13-14,18-25H,6-7,9-12,15-17,46-47H2,1-5,8H3/b14-13+. The lowest BCUT2D eigenvalue weighted by molar-refractivity contribution is 0.417. The Kier molecular flexibility index (Phi) is 10.1. The molecule has 0 amide bonds. The molecule has 0 bridgehead atoms. The van der Waals surface area contributed by atoms with Gasteiger partial charge < -0.3 is 25.3 Å². The first-order valence-corrected chi connectivity index (χ1v) is 19.9. The zero-order valence-electron chi connectivity index (χ0n) is 34.2. The van der Waals surface area contributed by atoms with Crippen LogP contribution < -0.4 is 16.2 Å². The van der Waals surface area contributed by atoms with Crippen molar-refractivity contribution in [2.75, 3.05) is 7.11 Å². The molecule has 8 rings (SSSR count). The molecule has 0 aliphatic rings. The van der Waals surface area contributed by atoms with E-state index in [0.717, 1.165) is 97.0 Å². The van der Waals surface area contributed by atoms with E-state index in [1.54, 1.807) is 7.11 Å². The zero-order valence-corrected chi connectivity index (χ0v) is 34.2. The van der Waals surface area contributed by atoms with Gasteiger partial charge in [-0.3, -0.25) is 9.36 Å². The third-order valence-corrected chi connectivity index (χ3v) is 10.8. The van der Waals surface area contributed by atoms with Gasteiger partial charge >= 0.3 is 0 Å². The van der Waals surface area contributed by atoms with Gasteiger partial charge in [0, 0.05) is 77.1 Å². The highest BCUT2D eigenvalue weighted by molar-refractivity contribution is 6.10. The van der Waals surface area contributed by atoms with Gasteiger partial charge in [-0.15, -0.1) is 0 Å². The summed E-state index contributed by atoms with van der Waals surface area (Å²) in [6, 6.07) is 12.3. The van der Waals surface area contributed by atoms with Crippen molar-refractivity contribution in [3.05, 3.63) is 102 Å². The fourth-order valence-corrected chi connectivity index (χ4v) is 8.04. The van der Waals surface area contributed by atoms with Crippen molar-refractivity contribution < 1.29 is 4.74 Å². The van der Waals surface area contributed by atoms with E-state index in [2.05, 4.69) is 77.5 Å². The number of methoxy groups -OCH3 is 1. The Morgan fingerprint density at radius 2 is 1.19 bits per heavy atom. The smallest absolute Gasteiger partial charge is 0.179 e. The van der Waals surface area contributed by atoms with E-state index < -0.39 is 0 Å². The van der Waals surface area contributed by atoms with E-state index in [4.69, 9.17) is 36.1 Å². The van der Waals surface area contributed by atoms with Gasteiger partial charge in [0.1, 0.15) is 28.4 Å². The van der Waals surface area contributed by atoms with Gasteiger partial charge in [-0.05, 0) is 88.1 Å². The highest BCUT2D eigenvalue weighted by Crippen LogP contribution is 2.38. The first-order chi connectivity index (χ1) is 28.0. The van der Waals surface area contributed by atoms with E-state index >= 15 is 0 Å². The van der Waals surface area contributed by atoms with E-state index in [9.17, 15) is 0 Å². The molecule has 0 atom stereocenters. The van der Waals surface area contributed by atoms with Crippen LogP contribution in [-0.4, -0.2) is 55.7 Å². The predicted molar refractivity (Wildman–Crippen MR) is 234 cm³/mol. The molecule has 0 aliphatic carbocycles. The van der Waals surface area contributed by atoms with Gasteiger partial charge in [-0.25, -0.2) is 19.9 Å². The van der Waals surface area contributed by atoms with Crippen LogP contribution >= 0.6 is 0 Å². The van der Waals surface area contributed by atoms with Crippen molar-refractivity contribution in [3.63, 3.8) is 0 Å². The van der Waals surface area contributed by atoms with Crippen LogP contribution in [0.25, 0.3) is 78.3 Å². The molecule has 13 heteroatoms. The van der Waals surface area contributed by atoms with Crippen molar-refractivity contribution in [2.24, 2.45) is 11.5 Å². The highest BCUT2D eigenvalue weighted by Gasteiger charge is 2.22. The molecule has 8 aromatic rings. The maximum atomic E-state index is 6.32. The van der Waals surface area contributed by atoms with Gasteiger partial charge in [0.05, 0.1) is 29.5 Å². The first-order valence-electron chi connectivity index (χ1n) is 19.9. The Hall–Kier alpha value is -6.76. The number of nitrogens with two attached hydrogens (primary N) is 2. The number of fused-ring (bicyclic) bond motifs is 6. The summed E-state index contributed by atoms with van der Waals surface area (Å²) in [5, 5.41) is 13.2. The van der Waals surface area contributed by atoms with E-state index in [-0.39, 0.29) is 0 Å². The predicted octanol–water partition coefficient (Wildman–Crippen LogP) is 8.33. The normalized spacial score (nSPS) is 12.0. The lowest BCUT2D eigenvalue weighted by Crippen LogP contribution is -2.05. The fourth-order valence-electron chi connectivity index (χ4n) is 8.04. The van der Waals surface area contributed by atoms with Crippen molar-refractivity contribution in [1.29, 1.82) is 0 Å². The molecule has 6 heterocycles. The van der Waals surface area contributed by atoms with Gasteiger partial charge in [0.2, 0.25) is 0 Å². The van der Waals surface area contributed by atoms with Crippen LogP contribution in [0.3, 0.4) is 0 Å². The monoisotopic (exact) mass is 774 g/mol. The number of hydrogen-bond donors (Lipinski definition) is 2. The molecule has 296 valence electrons. The number of benzene rings is 2. The zero-order chi connectivity index (χ0) is 40.8. The van der Waals surface area contributed by atoms with Crippen LogP contribution in [0.15, 0.2) is 74.1 Å². The maximum Gasteiger partial charge on any atom is 0.179 e. The topological polar surface area (TPSA) is 158 Å². The molecule has 13 nitrogen and oxygen atoms in total. The number of aromatic nitrogens is 10. The Morgan fingerprint density at radius 3 is 1.67 bits per heavy atom. The van der Waals surface area contributed by atoms with Crippen LogP contribution in [0.5, 0.6) is 5.75 Å². The number of unbranched alkanes of at least 4 members (excludes halogenated alkanes) is 1. The summed E-state index contributed by atoms with van der Waals surface area (Å²) in [4.78, 5) is 20.2. The van der Waals surface area contributed by atoms with E-state index in [1.165, 1.54) is 5.56 Å². The molecule has 58 heavy (non-hydrogen) atoms. The molecule has 0 radical (unpaired) electrons. The van der Waals surface area contributed by atoms with Gasteiger partial charge in [0.15, 0.2) is 11.6 Å². The van der Waals surface area contributed by atoms with Gasteiger partial charge in [-0.1, -0.05) is 38.7 Å². The molecule has 0 saturated heterocycles.